The van der Waals surface area contributed by atoms with E-state index in [1.807, 2.05) is 0 Å². The number of nitrogens with one attached hydrogen (secondary N) is 1. The Bertz CT molecular complexity index is 242. The van der Waals surface area contributed by atoms with E-state index in [-0.39, 0.29) is 0 Å². The molecule has 0 amide bonds. The van der Waals surface area contributed by atoms with Crippen molar-refractivity contribution >= 4 is 0 Å². The van der Waals surface area contributed by atoms with Crippen LogP contribution in [0.1, 0.15) is 66.2 Å². The zero-order chi connectivity index (χ0) is 15.6. The Kier molecular flexibility index (Phi) is 9.54. The van der Waals surface area contributed by atoms with Crippen molar-refractivity contribution in [3.63, 3.8) is 0 Å². The van der Waals surface area contributed by atoms with Gasteiger partial charge in [0.2, 0.25) is 0 Å². The first-order valence-electron chi connectivity index (χ1n) is 9.15. The van der Waals surface area contributed by atoms with Crippen molar-refractivity contribution in [2.24, 2.45) is 5.41 Å². The molecule has 21 heavy (non-hydrogen) atoms. The lowest BCUT2D eigenvalue weighted by Crippen LogP contribution is -2.49. The summed E-state index contributed by atoms with van der Waals surface area (Å²) in [5, 5.41) is 3.69. The lowest BCUT2D eigenvalue weighted by molar-refractivity contribution is -0.00565. The topological polar surface area (TPSA) is 24.5 Å². The summed E-state index contributed by atoms with van der Waals surface area (Å²) in [6.07, 6.45) is 7.66. The van der Waals surface area contributed by atoms with Crippen molar-refractivity contribution in [1.82, 2.24) is 10.2 Å². The minimum Gasteiger partial charge on any atom is -0.381 e. The van der Waals surface area contributed by atoms with Crippen LogP contribution in [0, 0.1) is 5.41 Å². The molecule has 1 aliphatic heterocycles. The van der Waals surface area contributed by atoms with Crippen LogP contribution < -0.4 is 5.32 Å². The van der Waals surface area contributed by atoms with Crippen molar-refractivity contribution in [3.8, 4) is 0 Å². The van der Waals surface area contributed by atoms with Crippen molar-refractivity contribution in [1.29, 1.82) is 0 Å². The first-order chi connectivity index (χ1) is 10.1. The summed E-state index contributed by atoms with van der Waals surface area (Å²) in [5.74, 6) is 0. The van der Waals surface area contributed by atoms with Crippen LogP contribution in [0.2, 0.25) is 0 Å². The first-order valence-corrected chi connectivity index (χ1v) is 9.15. The summed E-state index contributed by atoms with van der Waals surface area (Å²) in [5.41, 5.74) is 0.421. The summed E-state index contributed by atoms with van der Waals surface area (Å²) in [7, 11) is 0. The van der Waals surface area contributed by atoms with Gasteiger partial charge in [-0.05, 0) is 44.2 Å². The predicted octanol–water partition coefficient (Wildman–Crippen LogP) is 3.68. The molecule has 0 unspecified atom stereocenters. The molecule has 1 fully saturated rings. The van der Waals surface area contributed by atoms with Gasteiger partial charge in [-0.1, -0.05) is 40.5 Å². The van der Waals surface area contributed by atoms with Gasteiger partial charge >= 0.3 is 0 Å². The smallest absolute Gasteiger partial charge is 0.0472 e. The molecule has 0 aromatic heterocycles. The lowest BCUT2D eigenvalue weighted by Gasteiger charge is -2.42. The largest absolute Gasteiger partial charge is 0.381 e. The first kappa shape index (κ1) is 18.9. The van der Waals surface area contributed by atoms with Crippen molar-refractivity contribution in [2.75, 3.05) is 39.4 Å². The fraction of sp³-hybridized carbons (Fsp3) is 1.00. The maximum absolute atomic E-state index is 5.63. The third-order valence-electron chi connectivity index (χ3n) is 4.65. The second-order valence-electron chi connectivity index (χ2n) is 7.13. The molecular weight excluding hydrogens is 260 g/mol. The number of hydrogen-bond acceptors (Lipinski definition) is 3. The van der Waals surface area contributed by atoms with Gasteiger partial charge in [-0.3, -0.25) is 0 Å². The van der Waals surface area contributed by atoms with Crippen LogP contribution in [0.4, 0.5) is 0 Å². The number of rotatable bonds is 11. The Labute approximate surface area is 132 Å². The number of nitrogens with zero attached hydrogens (tertiary/aromatic N) is 1. The molecule has 3 heteroatoms. The quantitative estimate of drug-likeness (QED) is 0.630. The fourth-order valence-corrected chi connectivity index (χ4v) is 3.12. The highest BCUT2D eigenvalue weighted by atomic mass is 16.5. The Morgan fingerprint density at radius 2 is 1.62 bits per heavy atom. The van der Waals surface area contributed by atoms with Crippen molar-refractivity contribution in [2.45, 2.75) is 72.3 Å². The van der Waals surface area contributed by atoms with Gasteiger partial charge in [0.15, 0.2) is 0 Å². The molecule has 1 heterocycles. The van der Waals surface area contributed by atoms with E-state index in [0.717, 1.165) is 19.8 Å². The molecule has 0 bridgehead atoms. The van der Waals surface area contributed by atoms with Gasteiger partial charge in [0.1, 0.15) is 0 Å². The van der Waals surface area contributed by atoms with E-state index >= 15 is 0 Å². The average Bonchev–Trinajstić information content (AvgIpc) is 2.49. The van der Waals surface area contributed by atoms with Gasteiger partial charge < -0.3 is 15.0 Å². The van der Waals surface area contributed by atoms with Crippen molar-refractivity contribution in [3.05, 3.63) is 0 Å². The zero-order valence-corrected chi connectivity index (χ0v) is 14.9. The van der Waals surface area contributed by atoms with Crippen molar-refractivity contribution < 1.29 is 4.74 Å². The van der Waals surface area contributed by atoms with Gasteiger partial charge in [0.05, 0.1) is 0 Å². The summed E-state index contributed by atoms with van der Waals surface area (Å²) in [4.78, 5) is 2.72. The predicted molar refractivity (Wildman–Crippen MR) is 91.9 cm³/mol. The molecule has 1 N–H and O–H groups in total. The normalized spacial score (nSPS) is 18.6. The monoisotopic (exact) mass is 298 g/mol. The molecule has 126 valence electrons. The minimum absolute atomic E-state index is 0.421. The highest BCUT2D eigenvalue weighted by molar-refractivity contribution is 4.87. The summed E-state index contributed by atoms with van der Waals surface area (Å²) >= 11 is 0. The second-order valence-corrected chi connectivity index (χ2v) is 7.13. The Morgan fingerprint density at radius 3 is 2.10 bits per heavy atom. The standard InChI is InChI=1S/C18H38N2O/c1-5-7-11-20(12-8-6-2)16-18(15-19-17(3)4)9-13-21-14-10-18/h17,19H,5-16H2,1-4H3. The summed E-state index contributed by atoms with van der Waals surface area (Å²) in [6.45, 7) is 15.9. The molecule has 1 aliphatic rings. The van der Waals surface area contributed by atoms with E-state index < -0.39 is 0 Å². The molecule has 1 rings (SSSR count). The SMILES string of the molecule is CCCCN(CCCC)CC1(CNC(C)C)CCOCC1. The van der Waals surface area contributed by atoms with Crippen LogP contribution in [0.5, 0.6) is 0 Å². The molecule has 0 aliphatic carbocycles. The van der Waals surface area contributed by atoms with Gasteiger partial charge in [-0.25, -0.2) is 0 Å². The fourth-order valence-electron chi connectivity index (χ4n) is 3.12. The summed E-state index contributed by atoms with van der Waals surface area (Å²) < 4.78 is 5.63. The van der Waals surface area contributed by atoms with E-state index in [1.54, 1.807) is 0 Å². The van der Waals surface area contributed by atoms with E-state index in [2.05, 4.69) is 37.9 Å². The Balaban J connectivity index is 2.60. The lowest BCUT2D eigenvalue weighted by atomic mass is 9.79. The van der Waals surface area contributed by atoms with Crippen LogP contribution in [0.25, 0.3) is 0 Å². The number of unbranched alkanes of at least 4 members (excludes halogenated alkanes) is 2. The van der Waals surface area contributed by atoms with Crippen LogP contribution in [0.15, 0.2) is 0 Å². The molecular formula is C18H38N2O. The molecule has 0 saturated carbocycles. The van der Waals surface area contributed by atoms with Gasteiger partial charge in [-0.15, -0.1) is 0 Å². The summed E-state index contributed by atoms with van der Waals surface area (Å²) in [6, 6.07) is 0.574. The van der Waals surface area contributed by atoms with Crippen LogP contribution in [0.3, 0.4) is 0 Å². The van der Waals surface area contributed by atoms with Crippen LogP contribution >= 0.6 is 0 Å². The molecule has 0 aromatic rings. The minimum atomic E-state index is 0.421. The highest BCUT2D eigenvalue weighted by Gasteiger charge is 2.34. The van der Waals surface area contributed by atoms with E-state index in [4.69, 9.17) is 4.74 Å². The number of hydrogen-bond donors (Lipinski definition) is 1. The third-order valence-corrected chi connectivity index (χ3v) is 4.65. The van der Waals surface area contributed by atoms with E-state index in [1.165, 1.54) is 58.2 Å². The zero-order valence-electron chi connectivity index (χ0n) is 14.9. The highest BCUT2D eigenvalue weighted by Crippen LogP contribution is 2.31. The second kappa shape index (κ2) is 10.6. The molecule has 3 nitrogen and oxygen atoms in total. The molecule has 0 radical (unpaired) electrons. The maximum Gasteiger partial charge on any atom is 0.0472 e. The van der Waals surface area contributed by atoms with Gasteiger partial charge in [-0.2, -0.15) is 0 Å². The van der Waals surface area contributed by atoms with Crippen LogP contribution in [-0.4, -0.2) is 50.3 Å². The molecule has 0 spiro atoms. The molecule has 0 atom stereocenters. The van der Waals surface area contributed by atoms with E-state index in [9.17, 15) is 0 Å². The maximum atomic E-state index is 5.63. The van der Waals surface area contributed by atoms with Gasteiger partial charge in [0, 0.05) is 32.3 Å². The molecule has 1 saturated heterocycles. The van der Waals surface area contributed by atoms with Gasteiger partial charge in [0.25, 0.3) is 0 Å². The Morgan fingerprint density at radius 1 is 1.05 bits per heavy atom. The average molecular weight is 299 g/mol. The van der Waals surface area contributed by atoms with Crippen LogP contribution in [-0.2, 0) is 4.74 Å². The number of ether oxygens (including phenoxy) is 1. The molecule has 0 aromatic carbocycles. The van der Waals surface area contributed by atoms with E-state index in [0.29, 0.717) is 11.5 Å². The Hall–Kier alpha value is -0.120. The third kappa shape index (κ3) is 7.62.